The summed E-state index contributed by atoms with van der Waals surface area (Å²) in [6, 6.07) is 8.73. The van der Waals surface area contributed by atoms with Crippen molar-refractivity contribution >= 4 is 17.4 Å². The number of hydrogen-bond acceptors (Lipinski definition) is 3. The fraction of sp³-hybridized carbons (Fsp3) is 0.188. The van der Waals surface area contributed by atoms with Crippen LogP contribution in [0.3, 0.4) is 0 Å². The SMILES string of the molecule is CC(=O)c1cc(C)c(C)cc1NC(=O)c1ccccn1. The zero-order chi connectivity index (χ0) is 14.7. The van der Waals surface area contributed by atoms with Crippen molar-refractivity contribution in [2.75, 3.05) is 5.32 Å². The molecule has 0 aliphatic carbocycles. The van der Waals surface area contributed by atoms with Crippen molar-refractivity contribution in [3.05, 3.63) is 58.9 Å². The van der Waals surface area contributed by atoms with Crippen LogP contribution in [0.15, 0.2) is 36.5 Å². The van der Waals surface area contributed by atoms with E-state index in [9.17, 15) is 9.59 Å². The highest BCUT2D eigenvalue weighted by Gasteiger charge is 2.13. The maximum Gasteiger partial charge on any atom is 0.274 e. The lowest BCUT2D eigenvalue weighted by Gasteiger charge is -2.12. The van der Waals surface area contributed by atoms with Gasteiger partial charge < -0.3 is 5.32 Å². The van der Waals surface area contributed by atoms with Gasteiger partial charge >= 0.3 is 0 Å². The number of hydrogen-bond donors (Lipinski definition) is 1. The summed E-state index contributed by atoms with van der Waals surface area (Å²) in [5.41, 5.74) is 3.39. The minimum absolute atomic E-state index is 0.0792. The number of Topliss-reactive ketones (excluding diaryl/α,β-unsaturated/α-hetero) is 1. The van der Waals surface area contributed by atoms with Crippen LogP contribution in [0.25, 0.3) is 0 Å². The van der Waals surface area contributed by atoms with Crippen molar-refractivity contribution in [2.24, 2.45) is 0 Å². The molecule has 1 aromatic carbocycles. The Morgan fingerprint density at radius 3 is 2.40 bits per heavy atom. The molecule has 4 heteroatoms. The van der Waals surface area contributed by atoms with E-state index in [1.54, 1.807) is 30.5 Å². The van der Waals surface area contributed by atoms with E-state index in [-0.39, 0.29) is 11.7 Å². The van der Waals surface area contributed by atoms with Crippen LogP contribution in [-0.2, 0) is 0 Å². The molecule has 2 aromatic rings. The summed E-state index contributed by atoms with van der Waals surface area (Å²) in [6.07, 6.45) is 1.56. The monoisotopic (exact) mass is 268 g/mol. The normalized spacial score (nSPS) is 10.2. The molecule has 1 N–H and O–H groups in total. The average molecular weight is 268 g/mol. The number of ketones is 1. The Kier molecular flexibility index (Phi) is 3.94. The summed E-state index contributed by atoms with van der Waals surface area (Å²) in [5, 5.41) is 2.75. The first-order valence-electron chi connectivity index (χ1n) is 6.33. The number of benzene rings is 1. The van der Waals surface area contributed by atoms with E-state index in [0.29, 0.717) is 16.9 Å². The van der Waals surface area contributed by atoms with Gasteiger partial charge in [-0.1, -0.05) is 6.07 Å². The molecule has 1 amide bonds. The van der Waals surface area contributed by atoms with Crippen LogP contribution in [0.4, 0.5) is 5.69 Å². The van der Waals surface area contributed by atoms with Crippen LogP contribution >= 0.6 is 0 Å². The first-order chi connectivity index (χ1) is 9.49. The molecule has 0 atom stereocenters. The Labute approximate surface area is 117 Å². The van der Waals surface area contributed by atoms with Gasteiger partial charge in [0.05, 0.1) is 5.69 Å². The molecular weight excluding hydrogens is 252 g/mol. The standard InChI is InChI=1S/C16H16N2O2/c1-10-8-13(12(3)19)15(9-11(10)2)18-16(20)14-6-4-5-7-17-14/h4-9H,1-3H3,(H,18,20). The number of nitrogens with zero attached hydrogens (tertiary/aromatic N) is 1. The van der Waals surface area contributed by atoms with Crippen molar-refractivity contribution in [2.45, 2.75) is 20.8 Å². The molecular formula is C16H16N2O2. The third-order valence-electron chi connectivity index (χ3n) is 3.16. The fourth-order valence-corrected chi connectivity index (χ4v) is 1.89. The number of amides is 1. The Morgan fingerprint density at radius 2 is 1.80 bits per heavy atom. The maximum absolute atomic E-state index is 12.1. The molecule has 0 spiro atoms. The molecule has 2 rings (SSSR count). The van der Waals surface area contributed by atoms with E-state index in [2.05, 4.69) is 10.3 Å². The molecule has 20 heavy (non-hydrogen) atoms. The highest BCUT2D eigenvalue weighted by molar-refractivity contribution is 6.08. The average Bonchev–Trinajstić information content (AvgIpc) is 2.43. The number of anilines is 1. The summed E-state index contributed by atoms with van der Waals surface area (Å²) in [4.78, 5) is 27.8. The number of aromatic nitrogens is 1. The van der Waals surface area contributed by atoms with Gasteiger partial charge in [-0.3, -0.25) is 14.6 Å². The minimum atomic E-state index is -0.323. The third-order valence-corrected chi connectivity index (χ3v) is 3.16. The molecule has 1 aromatic heterocycles. The summed E-state index contributed by atoms with van der Waals surface area (Å²) < 4.78 is 0. The van der Waals surface area contributed by atoms with E-state index >= 15 is 0 Å². The number of pyridine rings is 1. The number of aryl methyl sites for hydroxylation is 2. The second-order valence-electron chi connectivity index (χ2n) is 4.71. The molecule has 0 unspecified atom stereocenters. The van der Waals surface area contributed by atoms with Gasteiger partial charge in [0.15, 0.2) is 5.78 Å². The van der Waals surface area contributed by atoms with Gasteiger partial charge in [0.1, 0.15) is 5.69 Å². The van der Waals surface area contributed by atoms with E-state index < -0.39 is 0 Å². The summed E-state index contributed by atoms with van der Waals surface area (Å²) in [5.74, 6) is -0.402. The lowest BCUT2D eigenvalue weighted by molar-refractivity contribution is 0.101. The highest BCUT2D eigenvalue weighted by Crippen LogP contribution is 2.22. The summed E-state index contributed by atoms with van der Waals surface area (Å²) in [6.45, 7) is 5.36. The molecule has 4 nitrogen and oxygen atoms in total. The zero-order valence-electron chi connectivity index (χ0n) is 11.7. The van der Waals surface area contributed by atoms with Gasteiger partial charge in [-0.05, 0) is 56.2 Å². The van der Waals surface area contributed by atoms with Crippen molar-refractivity contribution in [1.29, 1.82) is 0 Å². The molecule has 0 bridgehead atoms. The van der Waals surface area contributed by atoms with Crippen LogP contribution in [0.1, 0.15) is 38.9 Å². The summed E-state index contributed by atoms with van der Waals surface area (Å²) >= 11 is 0. The molecule has 0 aliphatic heterocycles. The topological polar surface area (TPSA) is 59.1 Å². The lowest BCUT2D eigenvalue weighted by Crippen LogP contribution is -2.16. The maximum atomic E-state index is 12.1. The fourth-order valence-electron chi connectivity index (χ4n) is 1.89. The van der Waals surface area contributed by atoms with Gasteiger partial charge in [0.2, 0.25) is 0 Å². The minimum Gasteiger partial charge on any atom is -0.320 e. The first-order valence-corrected chi connectivity index (χ1v) is 6.33. The predicted octanol–water partition coefficient (Wildman–Crippen LogP) is 3.15. The number of rotatable bonds is 3. The molecule has 0 radical (unpaired) electrons. The number of carbonyl (C=O) groups is 2. The Bertz CT molecular complexity index is 664. The van der Waals surface area contributed by atoms with Crippen LogP contribution in [0.2, 0.25) is 0 Å². The lowest BCUT2D eigenvalue weighted by atomic mass is 10.0. The molecule has 0 saturated carbocycles. The Balaban J connectivity index is 2.36. The Hall–Kier alpha value is -2.49. The molecule has 102 valence electrons. The van der Waals surface area contributed by atoms with Crippen LogP contribution in [-0.4, -0.2) is 16.7 Å². The highest BCUT2D eigenvalue weighted by atomic mass is 16.2. The summed E-state index contributed by atoms with van der Waals surface area (Å²) in [7, 11) is 0. The van der Waals surface area contributed by atoms with Gasteiger partial charge in [0, 0.05) is 11.8 Å². The smallest absolute Gasteiger partial charge is 0.274 e. The predicted molar refractivity (Wildman–Crippen MR) is 78.1 cm³/mol. The third kappa shape index (κ3) is 2.91. The second-order valence-corrected chi connectivity index (χ2v) is 4.71. The Morgan fingerprint density at radius 1 is 1.10 bits per heavy atom. The first kappa shape index (κ1) is 13.9. The second kappa shape index (κ2) is 5.65. The van der Waals surface area contributed by atoms with Crippen LogP contribution in [0.5, 0.6) is 0 Å². The molecule has 0 saturated heterocycles. The van der Waals surface area contributed by atoms with E-state index in [1.807, 2.05) is 19.9 Å². The quantitative estimate of drug-likeness (QED) is 0.870. The number of carbonyl (C=O) groups excluding carboxylic acids is 2. The van der Waals surface area contributed by atoms with Gasteiger partial charge in [0.25, 0.3) is 5.91 Å². The molecule has 0 fully saturated rings. The van der Waals surface area contributed by atoms with Gasteiger partial charge in [-0.25, -0.2) is 0 Å². The van der Waals surface area contributed by atoms with Gasteiger partial charge in [-0.15, -0.1) is 0 Å². The van der Waals surface area contributed by atoms with Crippen LogP contribution in [0, 0.1) is 13.8 Å². The molecule has 0 aliphatic rings. The zero-order valence-corrected chi connectivity index (χ0v) is 11.7. The van der Waals surface area contributed by atoms with Gasteiger partial charge in [-0.2, -0.15) is 0 Å². The van der Waals surface area contributed by atoms with E-state index in [4.69, 9.17) is 0 Å². The van der Waals surface area contributed by atoms with Crippen molar-refractivity contribution in [3.63, 3.8) is 0 Å². The van der Waals surface area contributed by atoms with Crippen molar-refractivity contribution in [1.82, 2.24) is 4.98 Å². The largest absolute Gasteiger partial charge is 0.320 e. The van der Waals surface area contributed by atoms with Crippen LogP contribution < -0.4 is 5.32 Å². The van der Waals surface area contributed by atoms with Crippen molar-refractivity contribution < 1.29 is 9.59 Å². The van der Waals surface area contributed by atoms with E-state index in [0.717, 1.165) is 11.1 Å². The van der Waals surface area contributed by atoms with Crippen molar-refractivity contribution in [3.8, 4) is 0 Å². The number of nitrogens with one attached hydrogen (secondary N) is 1. The van der Waals surface area contributed by atoms with E-state index in [1.165, 1.54) is 6.92 Å². The molecule has 1 heterocycles.